The van der Waals surface area contributed by atoms with Crippen molar-refractivity contribution in [2.24, 2.45) is 5.73 Å². The molecule has 0 aliphatic carbocycles. The molecule has 2 rings (SSSR count). The van der Waals surface area contributed by atoms with E-state index in [-0.39, 0.29) is 30.0 Å². The molecule has 1 amide bonds. The Hall–Kier alpha value is -1.36. The molecule has 0 spiro atoms. The van der Waals surface area contributed by atoms with Crippen molar-refractivity contribution in [2.45, 2.75) is 25.8 Å². The van der Waals surface area contributed by atoms with E-state index in [0.717, 1.165) is 10.4 Å². The zero-order valence-corrected chi connectivity index (χ0v) is 13.4. The second kappa shape index (κ2) is 6.60. The smallest absolute Gasteiger partial charge is 0.261 e. The number of nitrogens with two attached hydrogens (primary N) is 1. The van der Waals surface area contributed by atoms with Crippen molar-refractivity contribution < 1.29 is 13.2 Å². The molecule has 114 valence electrons. The third-order valence-corrected chi connectivity index (χ3v) is 6.22. The number of carbonyl (C=O) groups is 1. The van der Waals surface area contributed by atoms with E-state index < -0.39 is 9.84 Å². The number of aryl methyl sites for hydroxylation is 1. The molecule has 1 aliphatic rings. The van der Waals surface area contributed by atoms with E-state index in [1.54, 1.807) is 6.07 Å². The summed E-state index contributed by atoms with van der Waals surface area (Å²) in [6.45, 7) is 2.16. The summed E-state index contributed by atoms with van der Waals surface area (Å²) < 4.78 is 23.2. The van der Waals surface area contributed by atoms with E-state index in [4.69, 9.17) is 5.73 Å². The fourth-order valence-electron chi connectivity index (χ4n) is 2.24. The van der Waals surface area contributed by atoms with Crippen LogP contribution in [0.5, 0.6) is 0 Å². The molecule has 0 saturated carbocycles. The summed E-state index contributed by atoms with van der Waals surface area (Å²) in [4.78, 5) is 13.6. The summed E-state index contributed by atoms with van der Waals surface area (Å²) in [5.74, 6) is 5.72. The lowest BCUT2D eigenvalue weighted by molar-refractivity contribution is 0.0942. The Morgan fingerprint density at radius 2 is 2.33 bits per heavy atom. The van der Waals surface area contributed by atoms with Gasteiger partial charge in [-0.3, -0.25) is 4.79 Å². The molecule has 3 N–H and O–H groups in total. The zero-order valence-electron chi connectivity index (χ0n) is 11.8. The van der Waals surface area contributed by atoms with Gasteiger partial charge in [0.2, 0.25) is 0 Å². The van der Waals surface area contributed by atoms with Gasteiger partial charge in [-0.2, -0.15) is 0 Å². The van der Waals surface area contributed by atoms with Crippen LogP contribution in [-0.4, -0.2) is 38.4 Å². The summed E-state index contributed by atoms with van der Waals surface area (Å²) in [7, 11) is -3.02. The lowest BCUT2D eigenvalue weighted by atomic mass is 10.2. The highest BCUT2D eigenvalue weighted by molar-refractivity contribution is 7.91. The van der Waals surface area contributed by atoms with Crippen LogP contribution in [0.2, 0.25) is 0 Å². The summed E-state index contributed by atoms with van der Waals surface area (Å²) in [5.41, 5.74) is 6.27. The quantitative estimate of drug-likeness (QED) is 0.782. The second-order valence-electron chi connectivity index (χ2n) is 5.06. The Kier molecular flexibility index (Phi) is 5.04. The first-order chi connectivity index (χ1) is 9.91. The van der Waals surface area contributed by atoms with Crippen LogP contribution >= 0.6 is 11.3 Å². The van der Waals surface area contributed by atoms with Gasteiger partial charge in [-0.25, -0.2) is 8.42 Å². The Bertz CT molecular complexity index is 696. The molecular weight excluding hydrogens is 308 g/mol. The largest absolute Gasteiger partial charge is 0.348 e. The van der Waals surface area contributed by atoms with E-state index in [9.17, 15) is 13.2 Å². The molecule has 1 aliphatic heterocycles. The van der Waals surface area contributed by atoms with Gasteiger partial charge in [-0.1, -0.05) is 11.8 Å². The predicted octanol–water partition coefficient (Wildman–Crippen LogP) is 0.674. The molecule has 1 atom stereocenters. The van der Waals surface area contributed by atoms with Crippen molar-refractivity contribution in [3.8, 4) is 11.8 Å². The minimum atomic E-state index is -3.02. The predicted molar refractivity (Wildman–Crippen MR) is 84.1 cm³/mol. The number of sulfone groups is 1. The van der Waals surface area contributed by atoms with Crippen LogP contribution in [0.3, 0.4) is 0 Å². The van der Waals surface area contributed by atoms with Crippen molar-refractivity contribution in [1.82, 2.24) is 5.32 Å². The Morgan fingerprint density at radius 3 is 3.00 bits per heavy atom. The molecule has 7 heteroatoms. The fourth-order valence-corrected chi connectivity index (χ4v) is 4.83. The first-order valence-electron chi connectivity index (χ1n) is 6.72. The van der Waals surface area contributed by atoms with Gasteiger partial charge in [0.1, 0.15) is 0 Å². The van der Waals surface area contributed by atoms with Crippen LogP contribution < -0.4 is 11.1 Å². The maximum absolute atomic E-state index is 12.2. The summed E-state index contributed by atoms with van der Waals surface area (Å²) in [5, 5.41) is 2.81. The average Bonchev–Trinajstić information content (AvgIpc) is 2.76. The normalized spacial score (nSPS) is 20.4. The number of hydrogen-bond acceptors (Lipinski definition) is 5. The summed E-state index contributed by atoms with van der Waals surface area (Å²) in [6.07, 6.45) is 1.30. The number of thiophene rings is 1. The molecular formula is C14H18N2O3S2. The van der Waals surface area contributed by atoms with Crippen molar-refractivity contribution in [3.05, 3.63) is 21.4 Å². The van der Waals surface area contributed by atoms with Gasteiger partial charge in [0, 0.05) is 6.04 Å². The highest BCUT2D eigenvalue weighted by atomic mass is 32.2. The van der Waals surface area contributed by atoms with Crippen molar-refractivity contribution in [3.63, 3.8) is 0 Å². The number of amides is 1. The van der Waals surface area contributed by atoms with Crippen LogP contribution in [0, 0.1) is 18.8 Å². The molecule has 1 aromatic rings. The SMILES string of the molecule is Cc1cc(C(=O)NC2CCCS(=O)(=O)C2)sc1C#CCN. The molecule has 1 aromatic heterocycles. The highest BCUT2D eigenvalue weighted by Crippen LogP contribution is 2.21. The lowest BCUT2D eigenvalue weighted by Gasteiger charge is -2.22. The van der Waals surface area contributed by atoms with Gasteiger partial charge in [0.05, 0.1) is 27.8 Å². The van der Waals surface area contributed by atoms with Gasteiger partial charge < -0.3 is 11.1 Å². The van der Waals surface area contributed by atoms with Crippen LogP contribution in [-0.2, 0) is 9.84 Å². The minimum Gasteiger partial charge on any atom is -0.348 e. The van der Waals surface area contributed by atoms with Gasteiger partial charge in [0.15, 0.2) is 9.84 Å². The Morgan fingerprint density at radius 1 is 1.57 bits per heavy atom. The molecule has 0 bridgehead atoms. The van der Waals surface area contributed by atoms with Crippen molar-refractivity contribution >= 4 is 27.1 Å². The van der Waals surface area contributed by atoms with Crippen LogP contribution in [0.4, 0.5) is 0 Å². The molecule has 1 fully saturated rings. The monoisotopic (exact) mass is 326 g/mol. The van der Waals surface area contributed by atoms with E-state index >= 15 is 0 Å². The van der Waals surface area contributed by atoms with Crippen molar-refractivity contribution in [1.29, 1.82) is 0 Å². The van der Waals surface area contributed by atoms with E-state index in [1.807, 2.05) is 6.92 Å². The van der Waals surface area contributed by atoms with E-state index in [0.29, 0.717) is 17.7 Å². The van der Waals surface area contributed by atoms with E-state index in [1.165, 1.54) is 11.3 Å². The molecule has 21 heavy (non-hydrogen) atoms. The van der Waals surface area contributed by atoms with Gasteiger partial charge in [-0.15, -0.1) is 11.3 Å². The number of rotatable bonds is 2. The van der Waals surface area contributed by atoms with E-state index in [2.05, 4.69) is 17.2 Å². The lowest BCUT2D eigenvalue weighted by Crippen LogP contribution is -2.43. The first kappa shape index (κ1) is 16.0. The fraction of sp³-hybridized carbons (Fsp3) is 0.500. The summed E-state index contributed by atoms with van der Waals surface area (Å²) >= 11 is 1.31. The number of hydrogen-bond donors (Lipinski definition) is 2. The van der Waals surface area contributed by atoms with Gasteiger partial charge in [0.25, 0.3) is 5.91 Å². The van der Waals surface area contributed by atoms with Crippen LogP contribution in [0.25, 0.3) is 0 Å². The Labute approximate surface area is 128 Å². The van der Waals surface area contributed by atoms with Gasteiger partial charge in [-0.05, 0) is 31.4 Å². The Balaban J connectivity index is 2.07. The molecule has 1 unspecified atom stereocenters. The average molecular weight is 326 g/mol. The third-order valence-electron chi connectivity index (χ3n) is 3.24. The maximum Gasteiger partial charge on any atom is 0.261 e. The first-order valence-corrected chi connectivity index (χ1v) is 9.36. The molecule has 0 aromatic carbocycles. The minimum absolute atomic E-state index is 0.0307. The number of nitrogens with one attached hydrogen (secondary N) is 1. The van der Waals surface area contributed by atoms with Gasteiger partial charge >= 0.3 is 0 Å². The van der Waals surface area contributed by atoms with Crippen LogP contribution in [0.15, 0.2) is 6.07 Å². The third kappa shape index (κ3) is 4.30. The number of carbonyl (C=O) groups excluding carboxylic acids is 1. The van der Waals surface area contributed by atoms with Crippen molar-refractivity contribution in [2.75, 3.05) is 18.1 Å². The molecule has 0 radical (unpaired) electrons. The summed E-state index contributed by atoms with van der Waals surface area (Å²) in [6, 6.07) is 1.48. The highest BCUT2D eigenvalue weighted by Gasteiger charge is 2.26. The second-order valence-corrected chi connectivity index (χ2v) is 8.34. The molecule has 5 nitrogen and oxygen atoms in total. The van der Waals surface area contributed by atoms with Crippen LogP contribution in [0.1, 0.15) is 33.0 Å². The molecule has 2 heterocycles. The topological polar surface area (TPSA) is 89.3 Å². The standard InChI is InChI=1S/C14H18N2O3S2/c1-10-8-13(20-12(10)5-2-6-15)14(17)16-11-4-3-7-21(18,19)9-11/h8,11H,3-4,6-7,9,15H2,1H3,(H,16,17). The molecule has 1 saturated heterocycles. The zero-order chi connectivity index (χ0) is 15.5. The maximum atomic E-state index is 12.2.